The van der Waals surface area contributed by atoms with Crippen LogP contribution in [0.15, 0.2) is 36.5 Å². The van der Waals surface area contributed by atoms with Gasteiger partial charge in [-0.25, -0.2) is 4.98 Å². The number of amides is 1. The molecule has 1 aromatic heterocycles. The Morgan fingerprint density at radius 1 is 1.18 bits per heavy atom. The van der Waals surface area contributed by atoms with Gasteiger partial charge in [-0.1, -0.05) is 35.7 Å². The molecule has 1 aromatic carbocycles. The van der Waals surface area contributed by atoms with Gasteiger partial charge in [-0.3, -0.25) is 4.79 Å². The number of rotatable bonds is 4. The van der Waals surface area contributed by atoms with E-state index in [-0.39, 0.29) is 11.8 Å². The van der Waals surface area contributed by atoms with E-state index in [1.165, 1.54) is 0 Å². The minimum Gasteiger partial charge on any atom is -0.339 e. The van der Waals surface area contributed by atoms with Gasteiger partial charge in [0.05, 0.1) is 27.6 Å². The summed E-state index contributed by atoms with van der Waals surface area (Å²) in [5.41, 5.74) is 1.38. The summed E-state index contributed by atoms with van der Waals surface area (Å²) in [4.78, 5) is 16.1. The molecule has 1 aliphatic carbocycles. The highest BCUT2D eigenvalue weighted by molar-refractivity contribution is 6.43. The molecule has 0 aliphatic heterocycles. The van der Waals surface area contributed by atoms with Crippen LogP contribution in [0.2, 0.25) is 10.0 Å². The molecule has 0 bridgehead atoms. The van der Waals surface area contributed by atoms with Crippen LogP contribution in [0.25, 0.3) is 0 Å². The van der Waals surface area contributed by atoms with E-state index < -0.39 is 0 Å². The van der Waals surface area contributed by atoms with Crippen LogP contribution in [-0.2, 0) is 4.79 Å². The van der Waals surface area contributed by atoms with Gasteiger partial charge in [0.1, 0.15) is 5.82 Å². The van der Waals surface area contributed by atoms with Crippen LogP contribution in [-0.4, -0.2) is 10.9 Å². The molecule has 4 nitrogen and oxygen atoms in total. The first-order valence-electron chi connectivity index (χ1n) is 7.11. The van der Waals surface area contributed by atoms with Crippen molar-refractivity contribution >= 4 is 46.3 Å². The van der Waals surface area contributed by atoms with Crippen molar-refractivity contribution < 1.29 is 4.79 Å². The van der Waals surface area contributed by atoms with Crippen LogP contribution in [0.4, 0.5) is 17.2 Å². The van der Waals surface area contributed by atoms with Gasteiger partial charge in [-0.15, -0.1) is 0 Å². The maximum Gasteiger partial charge on any atom is 0.227 e. The second-order valence-electron chi connectivity index (χ2n) is 5.28. The maximum absolute atomic E-state index is 11.9. The monoisotopic (exact) mass is 335 g/mol. The van der Waals surface area contributed by atoms with Crippen molar-refractivity contribution in [2.75, 3.05) is 10.6 Å². The van der Waals surface area contributed by atoms with Gasteiger partial charge in [-0.05, 0) is 37.1 Å². The first kappa shape index (κ1) is 15.1. The van der Waals surface area contributed by atoms with Gasteiger partial charge < -0.3 is 10.6 Å². The number of hydrogen-bond acceptors (Lipinski definition) is 3. The summed E-state index contributed by atoms with van der Waals surface area (Å²) in [6.07, 6.45) is 4.72. The van der Waals surface area contributed by atoms with E-state index in [9.17, 15) is 4.79 Å². The number of benzene rings is 1. The standard InChI is InChI=1S/C16H15Cl2N3O/c17-12-5-2-6-13(15(12)18)21-14-8-7-11(9-19-14)20-16(22)10-3-1-4-10/h2,5-10H,1,3-4H2,(H,19,21)(H,20,22). The average Bonchev–Trinajstić information content (AvgIpc) is 2.44. The Labute approximate surface area is 138 Å². The lowest BCUT2D eigenvalue weighted by Gasteiger charge is -2.23. The molecule has 2 N–H and O–H groups in total. The van der Waals surface area contributed by atoms with Gasteiger partial charge in [0.2, 0.25) is 5.91 Å². The van der Waals surface area contributed by atoms with E-state index in [2.05, 4.69) is 15.6 Å². The molecule has 6 heteroatoms. The normalized spacial score (nSPS) is 14.3. The third-order valence-corrected chi connectivity index (χ3v) is 4.54. The molecule has 0 saturated heterocycles. The Morgan fingerprint density at radius 2 is 2.00 bits per heavy atom. The molecular weight excluding hydrogens is 321 g/mol. The zero-order valence-corrected chi connectivity index (χ0v) is 13.3. The number of carbonyl (C=O) groups excluding carboxylic acids is 1. The summed E-state index contributed by atoms with van der Waals surface area (Å²) in [6, 6.07) is 8.95. The molecular formula is C16H15Cl2N3O. The molecule has 22 heavy (non-hydrogen) atoms. The molecule has 1 saturated carbocycles. The second kappa shape index (κ2) is 6.55. The molecule has 0 radical (unpaired) electrons. The van der Waals surface area contributed by atoms with Gasteiger partial charge >= 0.3 is 0 Å². The number of pyridine rings is 1. The van der Waals surface area contributed by atoms with E-state index in [0.717, 1.165) is 19.3 Å². The van der Waals surface area contributed by atoms with Gasteiger partial charge in [0.25, 0.3) is 0 Å². The van der Waals surface area contributed by atoms with Crippen LogP contribution >= 0.6 is 23.2 Å². The molecule has 1 heterocycles. The minimum absolute atomic E-state index is 0.0756. The molecule has 0 unspecified atom stereocenters. The summed E-state index contributed by atoms with van der Waals surface area (Å²) in [6.45, 7) is 0. The largest absolute Gasteiger partial charge is 0.339 e. The fraction of sp³-hybridized carbons (Fsp3) is 0.250. The number of nitrogens with zero attached hydrogens (tertiary/aromatic N) is 1. The number of halogens is 2. The van der Waals surface area contributed by atoms with Crippen molar-refractivity contribution in [3.05, 3.63) is 46.6 Å². The highest BCUT2D eigenvalue weighted by atomic mass is 35.5. The Balaban J connectivity index is 1.66. The number of carbonyl (C=O) groups is 1. The number of nitrogens with one attached hydrogen (secondary N) is 2. The van der Waals surface area contributed by atoms with Crippen molar-refractivity contribution in [1.82, 2.24) is 4.98 Å². The molecule has 0 spiro atoms. The summed E-state index contributed by atoms with van der Waals surface area (Å²) in [5, 5.41) is 6.91. The zero-order valence-electron chi connectivity index (χ0n) is 11.8. The first-order valence-corrected chi connectivity index (χ1v) is 7.87. The molecule has 0 atom stereocenters. The average molecular weight is 336 g/mol. The van der Waals surface area contributed by atoms with E-state index in [0.29, 0.717) is 27.2 Å². The SMILES string of the molecule is O=C(Nc1ccc(Nc2cccc(Cl)c2Cl)nc1)C1CCC1. The van der Waals surface area contributed by atoms with Crippen molar-refractivity contribution in [3.63, 3.8) is 0 Å². The lowest BCUT2D eigenvalue weighted by molar-refractivity contribution is -0.122. The summed E-state index contributed by atoms with van der Waals surface area (Å²) >= 11 is 12.1. The smallest absolute Gasteiger partial charge is 0.227 e. The number of aromatic nitrogens is 1. The zero-order chi connectivity index (χ0) is 15.5. The van der Waals surface area contributed by atoms with E-state index in [1.807, 2.05) is 18.2 Å². The highest BCUT2D eigenvalue weighted by Crippen LogP contribution is 2.31. The lowest BCUT2D eigenvalue weighted by atomic mass is 9.85. The lowest BCUT2D eigenvalue weighted by Crippen LogP contribution is -2.28. The van der Waals surface area contributed by atoms with E-state index in [1.54, 1.807) is 18.3 Å². The Morgan fingerprint density at radius 3 is 2.64 bits per heavy atom. The van der Waals surface area contributed by atoms with Gasteiger partial charge in [0, 0.05) is 5.92 Å². The third-order valence-electron chi connectivity index (χ3n) is 3.72. The molecule has 1 fully saturated rings. The van der Waals surface area contributed by atoms with Crippen molar-refractivity contribution in [3.8, 4) is 0 Å². The second-order valence-corrected chi connectivity index (χ2v) is 6.06. The summed E-state index contributed by atoms with van der Waals surface area (Å²) < 4.78 is 0. The molecule has 2 aromatic rings. The summed E-state index contributed by atoms with van der Waals surface area (Å²) in [7, 11) is 0. The first-order chi connectivity index (χ1) is 10.6. The summed E-state index contributed by atoms with van der Waals surface area (Å²) in [5.74, 6) is 0.862. The molecule has 114 valence electrons. The van der Waals surface area contributed by atoms with E-state index in [4.69, 9.17) is 23.2 Å². The third kappa shape index (κ3) is 3.34. The number of hydrogen-bond donors (Lipinski definition) is 2. The molecule has 1 aliphatic rings. The highest BCUT2D eigenvalue weighted by Gasteiger charge is 2.25. The minimum atomic E-state index is 0.0756. The van der Waals surface area contributed by atoms with Crippen LogP contribution in [0, 0.1) is 5.92 Å². The van der Waals surface area contributed by atoms with Crippen LogP contribution in [0.5, 0.6) is 0 Å². The topological polar surface area (TPSA) is 54.0 Å². The van der Waals surface area contributed by atoms with Crippen LogP contribution in [0.3, 0.4) is 0 Å². The van der Waals surface area contributed by atoms with Crippen LogP contribution in [0.1, 0.15) is 19.3 Å². The fourth-order valence-corrected chi connectivity index (χ4v) is 2.54. The van der Waals surface area contributed by atoms with Crippen molar-refractivity contribution in [2.45, 2.75) is 19.3 Å². The Bertz CT molecular complexity index is 684. The van der Waals surface area contributed by atoms with E-state index >= 15 is 0 Å². The quantitative estimate of drug-likeness (QED) is 0.837. The number of anilines is 3. The van der Waals surface area contributed by atoms with Crippen LogP contribution < -0.4 is 10.6 Å². The van der Waals surface area contributed by atoms with Gasteiger partial charge in [0.15, 0.2) is 0 Å². The Hall–Kier alpha value is -1.78. The predicted molar refractivity (Wildman–Crippen MR) is 90.0 cm³/mol. The fourth-order valence-electron chi connectivity index (χ4n) is 2.19. The van der Waals surface area contributed by atoms with Crippen molar-refractivity contribution in [1.29, 1.82) is 0 Å². The van der Waals surface area contributed by atoms with Crippen molar-refractivity contribution in [2.24, 2.45) is 5.92 Å². The Kier molecular flexibility index (Phi) is 4.50. The molecule has 1 amide bonds. The van der Waals surface area contributed by atoms with Gasteiger partial charge in [-0.2, -0.15) is 0 Å². The predicted octanol–water partition coefficient (Wildman–Crippen LogP) is 4.87. The molecule has 3 rings (SSSR count). The maximum atomic E-state index is 11.9.